The fraction of sp³-hybridized carbons (Fsp3) is 0.321. The van der Waals surface area contributed by atoms with Crippen molar-refractivity contribution in [3.63, 3.8) is 0 Å². The molecule has 0 atom stereocenters. The van der Waals surface area contributed by atoms with Crippen molar-refractivity contribution in [3.8, 4) is 28.5 Å². The predicted molar refractivity (Wildman–Crippen MR) is 140 cm³/mol. The monoisotopic (exact) mass is 472 g/mol. The SMILES string of the molecule is COc1cc(CNc2c(-c3ccc(N4CCCC4)c(C)c3)nc3ccccn23)cc(OC)c1OC. The fourth-order valence-electron chi connectivity index (χ4n) is 4.90. The van der Waals surface area contributed by atoms with Gasteiger partial charge in [0.25, 0.3) is 0 Å². The number of hydrogen-bond donors (Lipinski definition) is 1. The van der Waals surface area contributed by atoms with Gasteiger partial charge >= 0.3 is 0 Å². The molecule has 1 saturated heterocycles. The molecule has 4 aromatic rings. The summed E-state index contributed by atoms with van der Waals surface area (Å²) < 4.78 is 18.6. The van der Waals surface area contributed by atoms with Crippen LogP contribution in [0.25, 0.3) is 16.9 Å². The Labute approximate surface area is 206 Å². The number of aromatic nitrogens is 2. The Kier molecular flexibility index (Phi) is 6.40. The molecule has 7 nitrogen and oxygen atoms in total. The highest BCUT2D eigenvalue weighted by Crippen LogP contribution is 2.39. The number of nitrogens with zero attached hydrogens (tertiary/aromatic N) is 3. The average molecular weight is 473 g/mol. The Bertz CT molecular complexity index is 1320. The molecular formula is C28H32N4O3. The minimum atomic E-state index is 0.567. The van der Waals surface area contributed by atoms with E-state index in [-0.39, 0.29) is 0 Å². The van der Waals surface area contributed by atoms with Gasteiger partial charge in [0.05, 0.1) is 21.3 Å². The number of methoxy groups -OCH3 is 3. The van der Waals surface area contributed by atoms with E-state index in [1.165, 1.54) is 24.1 Å². The zero-order valence-corrected chi connectivity index (χ0v) is 20.8. The van der Waals surface area contributed by atoms with E-state index in [1.54, 1.807) is 21.3 Å². The van der Waals surface area contributed by atoms with Crippen LogP contribution in [0, 0.1) is 6.92 Å². The van der Waals surface area contributed by atoms with Gasteiger partial charge in [-0.15, -0.1) is 0 Å². The lowest BCUT2D eigenvalue weighted by Gasteiger charge is -2.20. The van der Waals surface area contributed by atoms with Crippen LogP contribution in [0.5, 0.6) is 17.2 Å². The van der Waals surface area contributed by atoms with E-state index in [0.717, 1.165) is 41.4 Å². The van der Waals surface area contributed by atoms with Crippen LogP contribution in [0.4, 0.5) is 11.5 Å². The number of ether oxygens (including phenoxy) is 3. The fourth-order valence-corrected chi connectivity index (χ4v) is 4.90. The minimum Gasteiger partial charge on any atom is -0.493 e. The van der Waals surface area contributed by atoms with Crippen LogP contribution in [0.1, 0.15) is 24.0 Å². The Morgan fingerprint density at radius 3 is 2.31 bits per heavy atom. The maximum atomic E-state index is 5.53. The van der Waals surface area contributed by atoms with Crippen LogP contribution in [0.15, 0.2) is 54.7 Å². The molecule has 5 rings (SSSR count). The van der Waals surface area contributed by atoms with Crippen LogP contribution < -0.4 is 24.4 Å². The molecule has 7 heteroatoms. The molecule has 35 heavy (non-hydrogen) atoms. The highest BCUT2D eigenvalue weighted by atomic mass is 16.5. The molecule has 2 aromatic carbocycles. The molecule has 0 radical (unpaired) electrons. The summed E-state index contributed by atoms with van der Waals surface area (Å²) in [7, 11) is 4.87. The minimum absolute atomic E-state index is 0.567. The van der Waals surface area contributed by atoms with E-state index in [2.05, 4.69) is 39.7 Å². The van der Waals surface area contributed by atoms with Crippen LogP contribution >= 0.6 is 0 Å². The zero-order chi connectivity index (χ0) is 24.4. The van der Waals surface area contributed by atoms with Crippen LogP contribution in [-0.4, -0.2) is 43.8 Å². The van der Waals surface area contributed by atoms with Gasteiger partial charge in [0.2, 0.25) is 5.75 Å². The lowest BCUT2D eigenvalue weighted by Crippen LogP contribution is -2.18. The number of pyridine rings is 1. The average Bonchev–Trinajstić information content (AvgIpc) is 3.55. The summed E-state index contributed by atoms with van der Waals surface area (Å²) in [5.41, 5.74) is 6.54. The first-order chi connectivity index (χ1) is 17.1. The van der Waals surface area contributed by atoms with E-state index in [1.807, 2.05) is 36.5 Å². The Morgan fingerprint density at radius 2 is 1.66 bits per heavy atom. The summed E-state index contributed by atoms with van der Waals surface area (Å²) in [6.07, 6.45) is 4.57. The van der Waals surface area contributed by atoms with Crippen molar-refractivity contribution in [2.45, 2.75) is 26.3 Å². The van der Waals surface area contributed by atoms with Crippen molar-refractivity contribution in [1.82, 2.24) is 9.38 Å². The van der Waals surface area contributed by atoms with Crippen molar-refractivity contribution in [2.24, 2.45) is 0 Å². The molecule has 0 saturated carbocycles. The van der Waals surface area contributed by atoms with Crippen molar-refractivity contribution >= 4 is 17.2 Å². The van der Waals surface area contributed by atoms with E-state index in [0.29, 0.717) is 23.8 Å². The lowest BCUT2D eigenvalue weighted by atomic mass is 10.1. The van der Waals surface area contributed by atoms with Crippen LogP contribution in [0.2, 0.25) is 0 Å². The molecule has 0 spiro atoms. The molecule has 1 aliphatic rings. The number of fused-ring (bicyclic) bond motifs is 1. The van der Waals surface area contributed by atoms with E-state index in [4.69, 9.17) is 19.2 Å². The van der Waals surface area contributed by atoms with Crippen LogP contribution in [0.3, 0.4) is 0 Å². The molecular weight excluding hydrogens is 440 g/mol. The second-order valence-corrected chi connectivity index (χ2v) is 8.82. The highest BCUT2D eigenvalue weighted by Gasteiger charge is 2.19. The second kappa shape index (κ2) is 9.78. The summed E-state index contributed by atoms with van der Waals surface area (Å²) in [5, 5.41) is 3.62. The van der Waals surface area contributed by atoms with Crippen molar-refractivity contribution < 1.29 is 14.2 Å². The third kappa shape index (κ3) is 4.34. The predicted octanol–water partition coefficient (Wildman–Crippen LogP) is 5.55. The van der Waals surface area contributed by atoms with Gasteiger partial charge in [0.1, 0.15) is 17.2 Å². The molecule has 0 unspecified atom stereocenters. The number of imidazole rings is 1. The standard InChI is InChI=1S/C28H32N4O3/c1-19-15-21(10-11-22(19)31-12-7-8-13-31)26-28(32-14-6-5-9-25(32)30-26)29-18-20-16-23(33-2)27(35-4)24(17-20)34-3/h5-6,9-11,14-17,29H,7-8,12-13,18H2,1-4H3. The first kappa shape index (κ1) is 22.9. The Balaban J connectivity index is 1.50. The van der Waals surface area contributed by atoms with Gasteiger partial charge in [0, 0.05) is 37.1 Å². The first-order valence-corrected chi connectivity index (χ1v) is 12.0. The van der Waals surface area contributed by atoms with E-state index >= 15 is 0 Å². The number of rotatable bonds is 8. The molecule has 1 aliphatic heterocycles. The van der Waals surface area contributed by atoms with Gasteiger partial charge in [-0.1, -0.05) is 12.1 Å². The largest absolute Gasteiger partial charge is 0.493 e. The summed E-state index contributed by atoms with van der Waals surface area (Å²) >= 11 is 0. The number of benzene rings is 2. The van der Waals surface area contributed by atoms with E-state index in [9.17, 15) is 0 Å². The molecule has 3 heterocycles. The van der Waals surface area contributed by atoms with Gasteiger partial charge in [-0.25, -0.2) is 4.98 Å². The summed E-state index contributed by atoms with van der Waals surface area (Å²) in [4.78, 5) is 7.45. The normalized spacial score (nSPS) is 13.3. The number of aryl methyl sites for hydroxylation is 1. The molecule has 0 aliphatic carbocycles. The highest BCUT2D eigenvalue weighted by molar-refractivity contribution is 5.78. The smallest absolute Gasteiger partial charge is 0.203 e. The lowest BCUT2D eigenvalue weighted by molar-refractivity contribution is 0.324. The van der Waals surface area contributed by atoms with Gasteiger partial charge in [-0.05, 0) is 67.3 Å². The topological polar surface area (TPSA) is 60.3 Å². The van der Waals surface area contributed by atoms with Gasteiger partial charge in [-0.2, -0.15) is 0 Å². The van der Waals surface area contributed by atoms with Gasteiger partial charge in [0.15, 0.2) is 11.5 Å². The summed E-state index contributed by atoms with van der Waals surface area (Å²) in [6.45, 7) is 5.03. The zero-order valence-electron chi connectivity index (χ0n) is 20.8. The molecule has 2 aromatic heterocycles. The summed E-state index contributed by atoms with van der Waals surface area (Å²) in [6, 6.07) is 16.7. The van der Waals surface area contributed by atoms with Crippen molar-refractivity contribution in [3.05, 3.63) is 65.9 Å². The quantitative estimate of drug-likeness (QED) is 0.363. The van der Waals surface area contributed by atoms with Gasteiger partial charge < -0.3 is 24.4 Å². The molecule has 0 bridgehead atoms. The molecule has 0 amide bonds. The maximum absolute atomic E-state index is 5.53. The molecule has 1 fully saturated rings. The maximum Gasteiger partial charge on any atom is 0.203 e. The van der Waals surface area contributed by atoms with E-state index < -0.39 is 0 Å². The summed E-state index contributed by atoms with van der Waals surface area (Å²) in [5.74, 6) is 2.80. The third-order valence-corrected chi connectivity index (χ3v) is 6.63. The first-order valence-electron chi connectivity index (χ1n) is 12.0. The van der Waals surface area contributed by atoms with Gasteiger partial charge in [-0.3, -0.25) is 4.40 Å². The second-order valence-electron chi connectivity index (χ2n) is 8.82. The van der Waals surface area contributed by atoms with Crippen molar-refractivity contribution in [1.29, 1.82) is 0 Å². The molecule has 1 N–H and O–H groups in total. The Hall–Kier alpha value is -3.87. The Morgan fingerprint density at radius 1 is 0.914 bits per heavy atom. The number of hydrogen-bond acceptors (Lipinski definition) is 6. The molecule has 182 valence electrons. The third-order valence-electron chi connectivity index (χ3n) is 6.63. The number of anilines is 2. The number of nitrogens with one attached hydrogen (secondary N) is 1. The van der Waals surface area contributed by atoms with Crippen molar-refractivity contribution in [2.75, 3.05) is 44.6 Å². The van der Waals surface area contributed by atoms with Crippen LogP contribution in [-0.2, 0) is 6.54 Å².